The Morgan fingerprint density at radius 3 is 2.47 bits per heavy atom. The molecule has 0 radical (unpaired) electrons. The molecule has 1 unspecified atom stereocenters. The molecule has 84 valence electrons. The predicted octanol–water partition coefficient (Wildman–Crippen LogP) is 2.61. The molecule has 1 atom stereocenters. The van der Waals surface area contributed by atoms with Crippen LogP contribution in [-0.2, 0) is 0 Å². The van der Waals surface area contributed by atoms with E-state index in [1.807, 2.05) is 6.92 Å². The van der Waals surface area contributed by atoms with Gasteiger partial charge in [-0.1, -0.05) is 26.7 Å². The van der Waals surface area contributed by atoms with Crippen molar-refractivity contribution in [3.05, 3.63) is 23.8 Å². The molecule has 0 saturated carbocycles. The van der Waals surface area contributed by atoms with E-state index in [2.05, 4.69) is 23.8 Å². The zero-order valence-corrected chi connectivity index (χ0v) is 9.90. The molecule has 0 fully saturated rings. The Morgan fingerprint density at radius 2 is 1.93 bits per heavy atom. The molecule has 0 saturated heterocycles. The van der Waals surface area contributed by atoms with Crippen molar-refractivity contribution in [1.82, 2.24) is 9.97 Å². The van der Waals surface area contributed by atoms with E-state index in [0.29, 0.717) is 0 Å². The van der Waals surface area contributed by atoms with Gasteiger partial charge >= 0.3 is 0 Å². The van der Waals surface area contributed by atoms with Crippen molar-refractivity contribution in [2.45, 2.75) is 46.1 Å². The van der Waals surface area contributed by atoms with Crippen LogP contribution in [0.15, 0.2) is 12.4 Å². The van der Waals surface area contributed by atoms with Gasteiger partial charge in [0, 0.05) is 12.2 Å². The molecule has 0 aromatic carbocycles. The largest absolute Gasteiger partial charge is 0.323 e. The van der Waals surface area contributed by atoms with E-state index in [1.165, 1.54) is 6.42 Å². The van der Waals surface area contributed by atoms with E-state index in [-0.39, 0.29) is 6.04 Å². The minimum Gasteiger partial charge on any atom is -0.323 e. The summed E-state index contributed by atoms with van der Waals surface area (Å²) >= 11 is 0. The first-order valence-electron chi connectivity index (χ1n) is 5.63. The summed E-state index contributed by atoms with van der Waals surface area (Å²) in [5.74, 6) is 0.751. The van der Waals surface area contributed by atoms with Crippen molar-refractivity contribution in [3.8, 4) is 0 Å². The Kier molecular flexibility index (Phi) is 4.69. The molecule has 0 spiro atoms. The molecule has 3 nitrogen and oxygen atoms in total. The average molecular weight is 207 g/mol. The lowest BCUT2D eigenvalue weighted by Gasteiger charge is -2.11. The molecule has 15 heavy (non-hydrogen) atoms. The predicted molar refractivity (Wildman–Crippen MR) is 62.4 cm³/mol. The summed E-state index contributed by atoms with van der Waals surface area (Å²) < 4.78 is 0. The fourth-order valence-corrected chi connectivity index (χ4v) is 1.49. The van der Waals surface area contributed by atoms with Crippen LogP contribution in [0.25, 0.3) is 0 Å². The van der Waals surface area contributed by atoms with Gasteiger partial charge in [0.1, 0.15) is 0 Å². The molecule has 3 heteroatoms. The van der Waals surface area contributed by atoms with Gasteiger partial charge < -0.3 is 5.73 Å². The summed E-state index contributed by atoms with van der Waals surface area (Å²) in [7, 11) is 0. The average Bonchev–Trinajstić information content (AvgIpc) is 2.18. The zero-order valence-electron chi connectivity index (χ0n) is 9.90. The molecule has 2 N–H and O–H groups in total. The van der Waals surface area contributed by atoms with E-state index in [1.54, 1.807) is 12.4 Å². The van der Waals surface area contributed by atoms with Gasteiger partial charge in [-0.2, -0.15) is 0 Å². The van der Waals surface area contributed by atoms with Gasteiger partial charge in [0.15, 0.2) is 0 Å². The van der Waals surface area contributed by atoms with Crippen LogP contribution in [0.1, 0.15) is 50.5 Å². The molecule has 1 heterocycles. The Balaban J connectivity index is 2.40. The van der Waals surface area contributed by atoms with Crippen LogP contribution in [0.5, 0.6) is 0 Å². The van der Waals surface area contributed by atoms with E-state index in [4.69, 9.17) is 5.73 Å². The van der Waals surface area contributed by atoms with E-state index in [0.717, 1.165) is 30.1 Å². The molecule has 0 bridgehead atoms. The summed E-state index contributed by atoms with van der Waals surface area (Å²) in [6, 6.07) is 0.0387. The molecule has 0 aliphatic heterocycles. The van der Waals surface area contributed by atoms with Crippen LogP contribution in [0.3, 0.4) is 0 Å². The summed E-state index contributed by atoms with van der Waals surface area (Å²) in [6.07, 6.45) is 6.95. The highest BCUT2D eigenvalue weighted by Crippen LogP contribution is 2.16. The summed E-state index contributed by atoms with van der Waals surface area (Å²) in [4.78, 5) is 8.49. The van der Waals surface area contributed by atoms with Crippen molar-refractivity contribution in [1.29, 1.82) is 0 Å². The Labute approximate surface area is 92.1 Å². The lowest BCUT2D eigenvalue weighted by Crippen LogP contribution is -2.12. The smallest absolute Gasteiger partial charge is 0.0754 e. The van der Waals surface area contributed by atoms with Gasteiger partial charge in [-0.05, 0) is 19.3 Å². The standard InChI is InChI=1S/C12H21N3/c1-9(2)5-4-6-11(13)12-8-14-10(3)7-15-12/h7-9,11H,4-6,13H2,1-3H3. The number of nitrogens with two attached hydrogens (primary N) is 1. The van der Waals surface area contributed by atoms with Crippen molar-refractivity contribution in [2.75, 3.05) is 0 Å². The fourth-order valence-electron chi connectivity index (χ4n) is 1.49. The first-order chi connectivity index (χ1) is 7.09. The van der Waals surface area contributed by atoms with E-state index < -0.39 is 0 Å². The number of hydrogen-bond donors (Lipinski definition) is 1. The third-order valence-corrected chi connectivity index (χ3v) is 2.48. The van der Waals surface area contributed by atoms with Crippen LogP contribution in [0, 0.1) is 12.8 Å². The summed E-state index contributed by atoms with van der Waals surface area (Å²) in [6.45, 7) is 6.40. The second kappa shape index (κ2) is 5.81. The second-order valence-corrected chi connectivity index (χ2v) is 4.51. The third kappa shape index (κ3) is 4.38. The normalized spacial score (nSPS) is 13.1. The number of aromatic nitrogens is 2. The Hall–Kier alpha value is -0.960. The lowest BCUT2D eigenvalue weighted by molar-refractivity contribution is 0.500. The number of hydrogen-bond acceptors (Lipinski definition) is 3. The maximum absolute atomic E-state index is 6.03. The highest BCUT2D eigenvalue weighted by molar-refractivity contribution is 5.04. The Morgan fingerprint density at radius 1 is 1.20 bits per heavy atom. The van der Waals surface area contributed by atoms with Crippen LogP contribution in [-0.4, -0.2) is 9.97 Å². The third-order valence-electron chi connectivity index (χ3n) is 2.48. The molecule has 0 amide bonds. The SMILES string of the molecule is Cc1cnc(C(N)CCCC(C)C)cn1. The maximum Gasteiger partial charge on any atom is 0.0754 e. The number of rotatable bonds is 5. The summed E-state index contributed by atoms with van der Waals surface area (Å²) in [5, 5.41) is 0. The van der Waals surface area contributed by atoms with Crippen LogP contribution >= 0.6 is 0 Å². The molecule has 1 aromatic rings. The van der Waals surface area contributed by atoms with Crippen molar-refractivity contribution in [2.24, 2.45) is 11.7 Å². The van der Waals surface area contributed by atoms with Gasteiger partial charge in [0.25, 0.3) is 0 Å². The van der Waals surface area contributed by atoms with Crippen molar-refractivity contribution < 1.29 is 0 Å². The van der Waals surface area contributed by atoms with Gasteiger partial charge in [0.05, 0.1) is 17.6 Å². The quantitative estimate of drug-likeness (QED) is 0.807. The highest BCUT2D eigenvalue weighted by Gasteiger charge is 2.07. The van der Waals surface area contributed by atoms with Gasteiger partial charge in [-0.25, -0.2) is 0 Å². The minimum atomic E-state index is 0.0387. The van der Waals surface area contributed by atoms with Gasteiger partial charge in [-0.3, -0.25) is 9.97 Å². The highest BCUT2D eigenvalue weighted by atomic mass is 14.8. The number of nitrogens with zero attached hydrogens (tertiary/aromatic N) is 2. The topological polar surface area (TPSA) is 51.8 Å². The molecule has 0 aliphatic carbocycles. The monoisotopic (exact) mass is 207 g/mol. The molecular formula is C12H21N3. The minimum absolute atomic E-state index is 0.0387. The molecule has 0 aliphatic rings. The van der Waals surface area contributed by atoms with Gasteiger partial charge in [0.2, 0.25) is 0 Å². The first kappa shape index (κ1) is 12.1. The van der Waals surface area contributed by atoms with E-state index >= 15 is 0 Å². The molecule has 1 aromatic heterocycles. The van der Waals surface area contributed by atoms with E-state index in [9.17, 15) is 0 Å². The van der Waals surface area contributed by atoms with Crippen LogP contribution in [0.2, 0.25) is 0 Å². The lowest BCUT2D eigenvalue weighted by atomic mass is 10.0. The second-order valence-electron chi connectivity index (χ2n) is 4.51. The van der Waals surface area contributed by atoms with Crippen molar-refractivity contribution in [3.63, 3.8) is 0 Å². The van der Waals surface area contributed by atoms with Crippen LogP contribution < -0.4 is 5.73 Å². The maximum atomic E-state index is 6.03. The summed E-state index contributed by atoms with van der Waals surface area (Å²) in [5.41, 5.74) is 7.87. The first-order valence-corrected chi connectivity index (χ1v) is 5.63. The number of aryl methyl sites for hydroxylation is 1. The van der Waals surface area contributed by atoms with Gasteiger partial charge in [-0.15, -0.1) is 0 Å². The molecule has 1 rings (SSSR count). The molecular weight excluding hydrogens is 186 g/mol. The Bertz CT molecular complexity index is 279. The van der Waals surface area contributed by atoms with Crippen molar-refractivity contribution >= 4 is 0 Å². The fraction of sp³-hybridized carbons (Fsp3) is 0.667. The van der Waals surface area contributed by atoms with Crippen LogP contribution in [0.4, 0.5) is 0 Å². The zero-order chi connectivity index (χ0) is 11.3.